The lowest BCUT2D eigenvalue weighted by Gasteiger charge is -2.43. The predicted octanol–water partition coefficient (Wildman–Crippen LogP) is 3.83. The Morgan fingerprint density at radius 2 is 1.82 bits per heavy atom. The van der Waals surface area contributed by atoms with Crippen LogP contribution in [0.3, 0.4) is 0 Å². The van der Waals surface area contributed by atoms with E-state index in [9.17, 15) is 4.79 Å². The van der Waals surface area contributed by atoms with Gasteiger partial charge in [-0.1, -0.05) is 37.0 Å². The molecule has 3 rings (SSSR count). The highest BCUT2D eigenvalue weighted by molar-refractivity contribution is 5.94. The van der Waals surface area contributed by atoms with Gasteiger partial charge in [-0.25, -0.2) is 0 Å². The van der Waals surface area contributed by atoms with Gasteiger partial charge in [0.15, 0.2) is 0 Å². The van der Waals surface area contributed by atoms with E-state index in [1.54, 1.807) is 0 Å². The van der Waals surface area contributed by atoms with Gasteiger partial charge >= 0.3 is 0 Å². The van der Waals surface area contributed by atoms with E-state index in [1.807, 2.05) is 31.2 Å². The zero-order chi connectivity index (χ0) is 15.5. The molecule has 3 heteroatoms. The van der Waals surface area contributed by atoms with Gasteiger partial charge in [0.25, 0.3) is 0 Å². The molecule has 1 N–H and O–H groups in total. The van der Waals surface area contributed by atoms with Gasteiger partial charge in [-0.05, 0) is 57.2 Å². The van der Waals surface area contributed by atoms with Crippen molar-refractivity contribution in [1.29, 1.82) is 0 Å². The highest BCUT2D eigenvalue weighted by Crippen LogP contribution is 2.36. The average molecular weight is 300 g/mol. The lowest BCUT2D eigenvalue weighted by atomic mass is 9.75. The van der Waals surface area contributed by atoms with Crippen LogP contribution in [0, 0.1) is 18.8 Å². The molecule has 22 heavy (non-hydrogen) atoms. The number of fused-ring (bicyclic) bond motifs is 1. The standard InChI is InChI=1S/C19H28N2O/c1-14-7-9-18(10-8-14)20-19(22)15(2)21-12-11-16-5-3-4-6-17(16)13-21/h7-10,15-17H,3-6,11-13H2,1-2H3,(H,20,22). The third kappa shape index (κ3) is 3.52. The first kappa shape index (κ1) is 15.5. The number of carbonyl (C=O) groups excluding carboxylic acids is 1. The molecule has 3 nitrogen and oxygen atoms in total. The minimum Gasteiger partial charge on any atom is -0.325 e. The first-order valence-electron chi connectivity index (χ1n) is 8.75. The summed E-state index contributed by atoms with van der Waals surface area (Å²) in [7, 11) is 0. The van der Waals surface area contributed by atoms with Crippen molar-refractivity contribution in [3.63, 3.8) is 0 Å². The molecule has 0 bridgehead atoms. The van der Waals surface area contributed by atoms with E-state index >= 15 is 0 Å². The van der Waals surface area contributed by atoms with Crippen LogP contribution in [0.15, 0.2) is 24.3 Å². The van der Waals surface area contributed by atoms with Gasteiger partial charge in [-0.3, -0.25) is 9.69 Å². The minimum absolute atomic E-state index is 0.0378. The molecule has 1 aliphatic carbocycles. The minimum atomic E-state index is -0.0378. The molecule has 0 spiro atoms. The summed E-state index contributed by atoms with van der Waals surface area (Å²) in [6.45, 7) is 6.28. The van der Waals surface area contributed by atoms with Crippen molar-refractivity contribution < 1.29 is 4.79 Å². The van der Waals surface area contributed by atoms with E-state index in [2.05, 4.69) is 17.1 Å². The number of piperidine rings is 1. The van der Waals surface area contributed by atoms with Gasteiger partial charge in [-0.2, -0.15) is 0 Å². The molecule has 0 radical (unpaired) electrons. The number of carbonyl (C=O) groups is 1. The molecule has 2 fully saturated rings. The van der Waals surface area contributed by atoms with Crippen molar-refractivity contribution >= 4 is 11.6 Å². The van der Waals surface area contributed by atoms with Crippen molar-refractivity contribution in [2.75, 3.05) is 18.4 Å². The predicted molar refractivity (Wildman–Crippen MR) is 90.9 cm³/mol. The summed E-state index contributed by atoms with van der Waals surface area (Å²) in [5.74, 6) is 1.85. The highest BCUT2D eigenvalue weighted by Gasteiger charge is 2.34. The topological polar surface area (TPSA) is 32.3 Å². The third-order valence-electron chi connectivity index (χ3n) is 5.57. The van der Waals surface area contributed by atoms with Crippen molar-refractivity contribution in [1.82, 2.24) is 4.90 Å². The number of nitrogens with one attached hydrogen (secondary N) is 1. The molecule has 1 amide bonds. The summed E-state index contributed by atoms with van der Waals surface area (Å²) >= 11 is 0. The maximum absolute atomic E-state index is 12.5. The van der Waals surface area contributed by atoms with Gasteiger partial charge < -0.3 is 5.32 Å². The molecule has 1 aromatic carbocycles. The van der Waals surface area contributed by atoms with E-state index in [0.717, 1.165) is 30.6 Å². The van der Waals surface area contributed by atoms with Crippen molar-refractivity contribution in [3.05, 3.63) is 29.8 Å². The fourth-order valence-electron chi connectivity index (χ4n) is 4.03. The number of hydrogen-bond donors (Lipinski definition) is 1. The Kier molecular flexibility index (Phi) is 4.82. The molecular formula is C19H28N2O. The number of amides is 1. The summed E-state index contributed by atoms with van der Waals surface area (Å²) in [5.41, 5.74) is 2.11. The second kappa shape index (κ2) is 6.82. The van der Waals surface area contributed by atoms with Gasteiger partial charge in [0.2, 0.25) is 5.91 Å². The second-order valence-electron chi connectivity index (χ2n) is 7.12. The number of hydrogen-bond acceptors (Lipinski definition) is 2. The van der Waals surface area contributed by atoms with Crippen LogP contribution >= 0.6 is 0 Å². The average Bonchev–Trinajstić information content (AvgIpc) is 2.55. The van der Waals surface area contributed by atoms with Crippen LogP contribution in [0.1, 0.15) is 44.6 Å². The number of benzene rings is 1. The molecule has 2 aliphatic rings. The Hall–Kier alpha value is -1.35. The lowest BCUT2D eigenvalue weighted by molar-refractivity contribution is -0.122. The second-order valence-corrected chi connectivity index (χ2v) is 7.12. The quantitative estimate of drug-likeness (QED) is 0.920. The number of rotatable bonds is 3. The summed E-state index contributed by atoms with van der Waals surface area (Å²) in [6, 6.07) is 7.99. The molecule has 1 saturated heterocycles. The van der Waals surface area contributed by atoms with Crippen molar-refractivity contribution in [2.45, 2.75) is 52.0 Å². The van der Waals surface area contributed by atoms with Gasteiger partial charge in [0, 0.05) is 12.2 Å². The largest absolute Gasteiger partial charge is 0.325 e. The van der Waals surface area contributed by atoms with E-state index in [1.165, 1.54) is 37.7 Å². The Morgan fingerprint density at radius 3 is 2.55 bits per heavy atom. The molecule has 3 unspecified atom stereocenters. The lowest BCUT2D eigenvalue weighted by Crippen LogP contribution is -2.49. The van der Waals surface area contributed by atoms with Crippen LogP contribution in [-0.4, -0.2) is 29.9 Å². The molecule has 1 aromatic rings. The Balaban J connectivity index is 1.57. The fourth-order valence-corrected chi connectivity index (χ4v) is 4.03. The molecule has 1 heterocycles. The Bertz CT molecular complexity index is 511. The van der Waals surface area contributed by atoms with Crippen LogP contribution in [0.25, 0.3) is 0 Å². The molecule has 1 saturated carbocycles. The first-order valence-corrected chi connectivity index (χ1v) is 8.75. The summed E-state index contributed by atoms with van der Waals surface area (Å²) in [6.07, 6.45) is 6.81. The monoisotopic (exact) mass is 300 g/mol. The number of aryl methyl sites for hydroxylation is 1. The fraction of sp³-hybridized carbons (Fsp3) is 0.632. The summed E-state index contributed by atoms with van der Waals surface area (Å²) < 4.78 is 0. The number of likely N-dealkylation sites (tertiary alicyclic amines) is 1. The maximum Gasteiger partial charge on any atom is 0.241 e. The molecular weight excluding hydrogens is 272 g/mol. The first-order chi connectivity index (χ1) is 10.6. The van der Waals surface area contributed by atoms with Crippen molar-refractivity contribution in [3.8, 4) is 0 Å². The van der Waals surface area contributed by atoms with E-state index in [0.29, 0.717) is 0 Å². The zero-order valence-corrected chi connectivity index (χ0v) is 13.8. The third-order valence-corrected chi connectivity index (χ3v) is 5.57. The molecule has 0 aromatic heterocycles. The van der Waals surface area contributed by atoms with Crippen LogP contribution in [0.4, 0.5) is 5.69 Å². The van der Waals surface area contributed by atoms with Crippen LogP contribution in [-0.2, 0) is 4.79 Å². The van der Waals surface area contributed by atoms with Crippen LogP contribution < -0.4 is 5.32 Å². The number of anilines is 1. The summed E-state index contributed by atoms with van der Waals surface area (Å²) in [4.78, 5) is 14.9. The normalized spacial score (nSPS) is 27.0. The molecule has 120 valence electrons. The Morgan fingerprint density at radius 1 is 1.14 bits per heavy atom. The van der Waals surface area contributed by atoms with Gasteiger partial charge in [0.05, 0.1) is 6.04 Å². The van der Waals surface area contributed by atoms with Gasteiger partial charge in [0.1, 0.15) is 0 Å². The summed E-state index contributed by atoms with van der Waals surface area (Å²) in [5, 5.41) is 3.06. The smallest absolute Gasteiger partial charge is 0.241 e. The van der Waals surface area contributed by atoms with E-state index in [4.69, 9.17) is 0 Å². The highest BCUT2D eigenvalue weighted by atomic mass is 16.2. The zero-order valence-electron chi connectivity index (χ0n) is 13.8. The molecule has 1 aliphatic heterocycles. The van der Waals surface area contributed by atoms with Crippen LogP contribution in [0.5, 0.6) is 0 Å². The van der Waals surface area contributed by atoms with Crippen molar-refractivity contribution in [2.24, 2.45) is 11.8 Å². The maximum atomic E-state index is 12.5. The Labute approximate surface area is 134 Å². The SMILES string of the molecule is Cc1ccc(NC(=O)C(C)N2CCC3CCCCC3C2)cc1. The van der Waals surface area contributed by atoms with Gasteiger partial charge in [-0.15, -0.1) is 0 Å². The number of nitrogens with zero attached hydrogens (tertiary/aromatic N) is 1. The van der Waals surface area contributed by atoms with E-state index < -0.39 is 0 Å². The van der Waals surface area contributed by atoms with E-state index in [-0.39, 0.29) is 11.9 Å². The molecule has 3 atom stereocenters. The van der Waals surface area contributed by atoms with Crippen LogP contribution in [0.2, 0.25) is 0 Å².